The van der Waals surface area contributed by atoms with Crippen LogP contribution < -0.4 is 9.41 Å². The van der Waals surface area contributed by atoms with Gasteiger partial charge in [0.2, 0.25) is 0 Å². The summed E-state index contributed by atoms with van der Waals surface area (Å²) in [5.41, 5.74) is 0.131. The fourth-order valence-corrected chi connectivity index (χ4v) is 3.51. The number of hydrogen-bond acceptors (Lipinski definition) is 4. The molecule has 0 aliphatic heterocycles. The molecule has 0 spiro atoms. The highest BCUT2D eigenvalue weighted by molar-refractivity contribution is 7.92. The summed E-state index contributed by atoms with van der Waals surface area (Å²) < 4.78 is 26.0. The Kier molecular flexibility index (Phi) is 4.95. The summed E-state index contributed by atoms with van der Waals surface area (Å²) in [5, 5.41) is 11.6. The molecule has 0 bridgehead atoms. The van der Waals surface area contributed by atoms with Gasteiger partial charge >= 0.3 is 0 Å². The Labute approximate surface area is 137 Å². The van der Waals surface area contributed by atoms with Crippen LogP contribution in [0.1, 0.15) is 0 Å². The van der Waals surface area contributed by atoms with Crippen LogP contribution in [-0.4, -0.2) is 20.9 Å². The monoisotopic (exact) mass is 358 g/mol. The zero-order valence-electron chi connectivity index (χ0n) is 11.1. The minimum atomic E-state index is -4.09. The van der Waals surface area contributed by atoms with Gasteiger partial charge in [0.05, 0.1) is 23.1 Å². The standard InChI is InChI=1S/C14H11Cl2NO4S/c15-10-4-6-13(7-5-10)22(20,21)17(9-14(18)19)12-3-1-2-11(16)8-12/h1-8H,9H2,(H,18,19)/p-1. The van der Waals surface area contributed by atoms with Crippen molar-refractivity contribution >= 4 is 44.9 Å². The molecule has 0 aromatic heterocycles. The van der Waals surface area contributed by atoms with Gasteiger partial charge < -0.3 is 9.90 Å². The number of nitrogens with zero attached hydrogens (tertiary/aromatic N) is 1. The van der Waals surface area contributed by atoms with Gasteiger partial charge in [0.15, 0.2) is 0 Å². The molecular weight excluding hydrogens is 349 g/mol. The molecule has 2 aromatic carbocycles. The lowest BCUT2D eigenvalue weighted by Crippen LogP contribution is -2.41. The maximum absolute atomic E-state index is 12.6. The molecule has 0 aliphatic rings. The van der Waals surface area contributed by atoms with Crippen LogP contribution in [0.25, 0.3) is 0 Å². The number of carbonyl (C=O) groups excluding carboxylic acids is 1. The smallest absolute Gasteiger partial charge is 0.264 e. The van der Waals surface area contributed by atoms with Crippen molar-refractivity contribution < 1.29 is 18.3 Å². The van der Waals surface area contributed by atoms with Crippen molar-refractivity contribution in [2.24, 2.45) is 0 Å². The fraction of sp³-hybridized carbons (Fsp3) is 0.0714. The Morgan fingerprint density at radius 3 is 2.23 bits per heavy atom. The minimum absolute atomic E-state index is 0.0851. The number of rotatable bonds is 5. The SMILES string of the molecule is O=C([O-])CN(c1cccc(Cl)c1)S(=O)(=O)c1ccc(Cl)cc1. The Bertz CT molecular complexity index is 791. The molecule has 2 aromatic rings. The Balaban J connectivity index is 2.53. The van der Waals surface area contributed by atoms with Gasteiger partial charge in [-0.15, -0.1) is 0 Å². The van der Waals surface area contributed by atoms with E-state index in [1.165, 1.54) is 42.5 Å². The average molecular weight is 359 g/mol. The van der Waals surface area contributed by atoms with Crippen molar-refractivity contribution in [1.82, 2.24) is 0 Å². The number of halogens is 2. The van der Waals surface area contributed by atoms with E-state index in [-0.39, 0.29) is 15.6 Å². The van der Waals surface area contributed by atoms with Crippen molar-refractivity contribution in [2.45, 2.75) is 4.90 Å². The maximum atomic E-state index is 12.6. The van der Waals surface area contributed by atoms with Gasteiger partial charge in [0, 0.05) is 10.0 Å². The second-order valence-electron chi connectivity index (χ2n) is 4.32. The van der Waals surface area contributed by atoms with E-state index in [1.54, 1.807) is 6.07 Å². The first-order valence-electron chi connectivity index (χ1n) is 6.04. The Hall–Kier alpha value is -1.76. The first kappa shape index (κ1) is 16.6. The average Bonchev–Trinajstić information content (AvgIpc) is 2.45. The largest absolute Gasteiger partial charge is 0.548 e. The molecule has 116 valence electrons. The van der Waals surface area contributed by atoms with Crippen LogP contribution in [-0.2, 0) is 14.8 Å². The molecule has 2 rings (SSSR count). The molecule has 0 radical (unpaired) electrons. The molecular formula is C14H10Cl2NO4S-. The Morgan fingerprint density at radius 2 is 1.68 bits per heavy atom. The normalized spacial score (nSPS) is 11.2. The lowest BCUT2D eigenvalue weighted by atomic mass is 10.3. The third-order valence-electron chi connectivity index (χ3n) is 2.77. The molecule has 0 unspecified atom stereocenters. The summed E-state index contributed by atoms with van der Waals surface area (Å²) in [6, 6.07) is 11.3. The van der Waals surface area contributed by atoms with Gasteiger partial charge in [0.1, 0.15) is 0 Å². The maximum Gasteiger partial charge on any atom is 0.264 e. The summed E-state index contributed by atoms with van der Waals surface area (Å²) in [4.78, 5) is 10.8. The van der Waals surface area contributed by atoms with E-state index in [2.05, 4.69) is 0 Å². The number of sulfonamides is 1. The number of benzene rings is 2. The number of carboxylic acid groups (broad SMARTS) is 1. The van der Waals surface area contributed by atoms with Gasteiger partial charge in [-0.2, -0.15) is 0 Å². The van der Waals surface area contributed by atoms with Crippen molar-refractivity contribution in [3.63, 3.8) is 0 Å². The third-order valence-corrected chi connectivity index (χ3v) is 5.05. The van der Waals surface area contributed by atoms with E-state index < -0.39 is 22.5 Å². The molecule has 8 heteroatoms. The summed E-state index contributed by atoms with van der Waals surface area (Å²) in [6.45, 7) is -0.828. The third kappa shape index (κ3) is 3.71. The van der Waals surface area contributed by atoms with Crippen LogP contribution >= 0.6 is 23.2 Å². The number of aliphatic carboxylic acids is 1. The van der Waals surface area contributed by atoms with E-state index in [4.69, 9.17) is 23.2 Å². The molecule has 0 atom stereocenters. The zero-order valence-corrected chi connectivity index (χ0v) is 13.4. The van der Waals surface area contributed by atoms with Crippen molar-refractivity contribution in [2.75, 3.05) is 10.8 Å². The highest BCUT2D eigenvalue weighted by atomic mass is 35.5. The number of carbonyl (C=O) groups is 1. The molecule has 0 saturated heterocycles. The van der Waals surface area contributed by atoms with E-state index >= 15 is 0 Å². The molecule has 0 N–H and O–H groups in total. The second-order valence-corrected chi connectivity index (χ2v) is 7.05. The quantitative estimate of drug-likeness (QED) is 0.818. The number of carboxylic acids is 1. The van der Waals surface area contributed by atoms with Crippen LogP contribution in [0.15, 0.2) is 53.4 Å². The second kappa shape index (κ2) is 6.56. The van der Waals surface area contributed by atoms with Crippen LogP contribution in [0.3, 0.4) is 0 Å². The highest BCUT2D eigenvalue weighted by Gasteiger charge is 2.25. The highest BCUT2D eigenvalue weighted by Crippen LogP contribution is 2.26. The van der Waals surface area contributed by atoms with Gasteiger partial charge in [0.25, 0.3) is 10.0 Å². The van der Waals surface area contributed by atoms with E-state index in [0.717, 1.165) is 4.31 Å². The topological polar surface area (TPSA) is 77.5 Å². The predicted octanol–water partition coefficient (Wildman–Crippen LogP) is 1.94. The van der Waals surface area contributed by atoms with Gasteiger partial charge in [-0.1, -0.05) is 29.3 Å². The minimum Gasteiger partial charge on any atom is -0.548 e. The van der Waals surface area contributed by atoms with Crippen molar-refractivity contribution in [3.05, 3.63) is 58.6 Å². The Morgan fingerprint density at radius 1 is 1.05 bits per heavy atom. The first-order chi connectivity index (χ1) is 10.3. The van der Waals surface area contributed by atoms with Gasteiger partial charge in [-0.05, 0) is 42.5 Å². The molecule has 0 fully saturated rings. The predicted molar refractivity (Wildman–Crippen MR) is 82.4 cm³/mol. The summed E-state index contributed by atoms with van der Waals surface area (Å²) in [6.07, 6.45) is 0. The van der Waals surface area contributed by atoms with Crippen LogP contribution in [0.5, 0.6) is 0 Å². The molecule has 0 amide bonds. The van der Waals surface area contributed by atoms with Crippen LogP contribution in [0.4, 0.5) is 5.69 Å². The molecule has 22 heavy (non-hydrogen) atoms. The zero-order chi connectivity index (χ0) is 16.3. The first-order valence-corrected chi connectivity index (χ1v) is 8.24. The lowest BCUT2D eigenvalue weighted by molar-refractivity contribution is -0.303. The summed E-state index contributed by atoms with van der Waals surface area (Å²) in [5.74, 6) is -1.53. The fourth-order valence-electron chi connectivity index (χ4n) is 1.80. The van der Waals surface area contributed by atoms with E-state index in [0.29, 0.717) is 5.02 Å². The van der Waals surface area contributed by atoms with Crippen molar-refractivity contribution in [1.29, 1.82) is 0 Å². The van der Waals surface area contributed by atoms with Crippen LogP contribution in [0, 0.1) is 0 Å². The van der Waals surface area contributed by atoms with Crippen LogP contribution in [0.2, 0.25) is 10.0 Å². The summed E-state index contributed by atoms with van der Waals surface area (Å²) >= 11 is 11.6. The molecule has 5 nitrogen and oxygen atoms in total. The van der Waals surface area contributed by atoms with Crippen molar-refractivity contribution in [3.8, 4) is 0 Å². The molecule has 0 aliphatic carbocycles. The van der Waals surface area contributed by atoms with E-state index in [9.17, 15) is 18.3 Å². The van der Waals surface area contributed by atoms with Gasteiger partial charge in [-0.3, -0.25) is 4.31 Å². The summed E-state index contributed by atoms with van der Waals surface area (Å²) in [7, 11) is -4.09. The lowest BCUT2D eigenvalue weighted by Gasteiger charge is -2.25. The molecule has 0 heterocycles. The van der Waals surface area contributed by atoms with Gasteiger partial charge in [-0.25, -0.2) is 8.42 Å². The number of anilines is 1. The number of hydrogen-bond donors (Lipinski definition) is 0. The van der Waals surface area contributed by atoms with E-state index in [1.807, 2.05) is 0 Å². The molecule has 0 saturated carbocycles.